The highest BCUT2D eigenvalue weighted by Gasteiger charge is 2.30. The second-order valence-corrected chi connectivity index (χ2v) is 2.80. The van der Waals surface area contributed by atoms with Crippen molar-refractivity contribution in [3.63, 3.8) is 0 Å². The molecule has 1 unspecified atom stereocenters. The Balaban J connectivity index is 2.57. The Kier molecular flexibility index (Phi) is 1.07. The van der Waals surface area contributed by atoms with Crippen LogP contribution in [0.15, 0.2) is 6.33 Å². The second-order valence-electron chi connectivity index (χ2n) is 2.80. The Labute approximate surface area is 64.2 Å². The lowest BCUT2D eigenvalue weighted by molar-refractivity contribution is -0.116. The van der Waals surface area contributed by atoms with Crippen molar-refractivity contribution < 1.29 is 4.79 Å². The van der Waals surface area contributed by atoms with Crippen LogP contribution in [0.4, 0.5) is 5.82 Å². The topological polar surface area (TPSA) is 46.9 Å². The van der Waals surface area contributed by atoms with Gasteiger partial charge in [-0.05, 0) is 6.92 Å². The number of carbonyl (C=O) groups is 1. The van der Waals surface area contributed by atoms with Crippen LogP contribution in [0, 0.1) is 0 Å². The first-order valence-electron chi connectivity index (χ1n) is 3.52. The summed E-state index contributed by atoms with van der Waals surface area (Å²) in [5.41, 5.74) is 0.981. The van der Waals surface area contributed by atoms with E-state index in [4.69, 9.17) is 0 Å². The summed E-state index contributed by atoms with van der Waals surface area (Å²) in [5.74, 6) is 0.696. The molecule has 2 rings (SSSR count). The molecule has 1 N–H and O–H groups in total. The van der Waals surface area contributed by atoms with E-state index in [-0.39, 0.29) is 11.8 Å². The maximum Gasteiger partial charge on any atom is 0.234 e. The summed E-state index contributed by atoms with van der Waals surface area (Å²) < 4.78 is 1.87. The van der Waals surface area contributed by atoms with E-state index in [0.717, 1.165) is 5.69 Å². The first kappa shape index (κ1) is 6.39. The third-order valence-electron chi connectivity index (χ3n) is 2.03. The van der Waals surface area contributed by atoms with E-state index in [2.05, 4.69) is 10.3 Å². The minimum Gasteiger partial charge on any atom is -0.335 e. The normalized spacial score (nSPS) is 21.6. The Morgan fingerprint density at radius 1 is 1.73 bits per heavy atom. The van der Waals surface area contributed by atoms with Crippen molar-refractivity contribution in [3.05, 3.63) is 12.0 Å². The monoisotopic (exact) mass is 151 g/mol. The molecule has 0 bridgehead atoms. The van der Waals surface area contributed by atoms with Gasteiger partial charge in [0.25, 0.3) is 0 Å². The first-order valence-corrected chi connectivity index (χ1v) is 3.52. The van der Waals surface area contributed by atoms with Gasteiger partial charge in [-0.15, -0.1) is 0 Å². The number of aryl methyl sites for hydroxylation is 1. The van der Waals surface area contributed by atoms with Crippen LogP contribution in [0.5, 0.6) is 0 Å². The molecule has 1 aliphatic rings. The standard InChI is InChI=1S/C7H9N3O/c1-4-5-6(9-7(4)11)8-3-10(5)2/h3-4H,1-2H3,(H,9,11). The molecule has 0 saturated heterocycles. The first-order chi connectivity index (χ1) is 5.20. The average Bonchev–Trinajstić information content (AvgIpc) is 2.41. The van der Waals surface area contributed by atoms with Gasteiger partial charge >= 0.3 is 0 Å². The predicted molar refractivity (Wildman–Crippen MR) is 40.3 cm³/mol. The number of nitrogens with one attached hydrogen (secondary N) is 1. The smallest absolute Gasteiger partial charge is 0.234 e. The number of carbonyl (C=O) groups excluding carboxylic acids is 1. The highest BCUT2D eigenvalue weighted by atomic mass is 16.2. The summed E-state index contributed by atoms with van der Waals surface area (Å²) in [6.07, 6.45) is 1.71. The molecule has 0 radical (unpaired) electrons. The summed E-state index contributed by atoms with van der Waals surface area (Å²) >= 11 is 0. The molecule has 58 valence electrons. The van der Waals surface area contributed by atoms with Crippen LogP contribution < -0.4 is 5.32 Å². The van der Waals surface area contributed by atoms with Gasteiger partial charge in [0, 0.05) is 7.05 Å². The number of rotatable bonds is 0. The van der Waals surface area contributed by atoms with Gasteiger partial charge in [0.05, 0.1) is 17.9 Å². The quantitative estimate of drug-likeness (QED) is 0.586. The van der Waals surface area contributed by atoms with E-state index >= 15 is 0 Å². The Morgan fingerprint density at radius 3 is 3.09 bits per heavy atom. The summed E-state index contributed by atoms with van der Waals surface area (Å²) in [5, 5.41) is 2.70. The van der Waals surface area contributed by atoms with Crippen molar-refractivity contribution in [3.8, 4) is 0 Å². The Bertz CT molecular complexity index is 315. The third-order valence-corrected chi connectivity index (χ3v) is 2.03. The molecule has 4 nitrogen and oxygen atoms in total. The fourth-order valence-corrected chi connectivity index (χ4v) is 1.40. The zero-order valence-electron chi connectivity index (χ0n) is 6.46. The molecular formula is C7H9N3O. The van der Waals surface area contributed by atoms with Crippen LogP contribution >= 0.6 is 0 Å². The zero-order valence-corrected chi connectivity index (χ0v) is 6.46. The lowest BCUT2D eigenvalue weighted by Crippen LogP contribution is -2.11. The van der Waals surface area contributed by atoms with Gasteiger partial charge in [-0.3, -0.25) is 4.79 Å². The number of fused-ring (bicyclic) bond motifs is 1. The van der Waals surface area contributed by atoms with E-state index in [0.29, 0.717) is 5.82 Å². The average molecular weight is 151 g/mol. The van der Waals surface area contributed by atoms with Crippen molar-refractivity contribution >= 4 is 11.7 Å². The van der Waals surface area contributed by atoms with Crippen molar-refractivity contribution in [1.82, 2.24) is 9.55 Å². The van der Waals surface area contributed by atoms with Crippen LogP contribution in [-0.2, 0) is 11.8 Å². The molecule has 4 heteroatoms. The fourth-order valence-electron chi connectivity index (χ4n) is 1.40. The van der Waals surface area contributed by atoms with Crippen molar-refractivity contribution in [1.29, 1.82) is 0 Å². The molecule has 0 fully saturated rings. The lowest BCUT2D eigenvalue weighted by atomic mass is 10.1. The number of hydrogen-bond acceptors (Lipinski definition) is 2. The van der Waals surface area contributed by atoms with Gasteiger partial charge in [-0.25, -0.2) is 4.98 Å². The van der Waals surface area contributed by atoms with Gasteiger partial charge in [-0.2, -0.15) is 0 Å². The molecule has 0 aromatic carbocycles. The van der Waals surface area contributed by atoms with Crippen molar-refractivity contribution in [2.45, 2.75) is 12.8 Å². The summed E-state index contributed by atoms with van der Waals surface area (Å²) in [4.78, 5) is 15.1. The lowest BCUT2D eigenvalue weighted by Gasteiger charge is -2.00. The maximum atomic E-state index is 11.1. The number of amides is 1. The molecule has 11 heavy (non-hydrogen) atoms. The minimum absolute atomic E-state index is 0.0405. The molecule has 1 aliphatic heterocycles. The van der Waals surface area contributed by atoms with Gasteiger partial charge < -0.3 is 9.88 Å². The molecule has 1 atom stereocenters. The number of aromatic nitrogens is 2. The summed E-state index contributed by atoms with van der Waals surface area (Å²) in [7, 11) is 1.89. The third kappa shape index (κ3) is 0.691. The summed E-state index contributed by atoms with van der Waals surface area (Å²) in [6, 6.07) is 0. The predicted octanol–water partition coefficient (Wildman–Crippen LogP) is 0.476. The molecule has 0 aliphatic carbocycles. The molecule has 1 amide bonds. The second kappa shape index (κ2) is 1.84. The van der Waals surface area contributed by atoms with E-state index in [1.807, 2.05) is 18.5 Å². The molecule has 1 aromatic rings. The van der Waals surface area contributed by atoms with Gasteiger partial charge in [0.2, 0.25) is 5.91 Å². The fraction of sp³-hybridized carbons (Fsp3) is 0.429. The van der Waals surface area contributed by atoms with Crippen LogP contribution in [0.25, 0.3) is 0 Å². The number of hydrogen-bond donors (Lipinski definition) is 1. The zero-order chi connectivity index (χ0) is 8.01. The van der Waals surface area contributed by atoms with Crippen molar-refractivity contribution in [2.24, 2.45) is 7.05 Å². The molecule has 2 heterocycles. The molecule has 1 aromatic heterocycles. The SMILES string of the molecule is CC1C(=O)Nc2ncn(C)c21. The van der Waals surface area contributed by atoms with E-state index < -0.39 is 0 Å². The number of imidazole rings is 1. The van der Waals surface area contributed by atoms with Gasteiger partial charge in [-0.1, -0.05) is 0 Å². The summed E-state index contributed by atoms with van der Waals surface area (Å²) in [6.45, 7) is 1.88. The van der Waals surface area contributed by atoms with E-state index in [1.165, 1.54) is 0 Å². The van der Waals surface area contributed by atoms with Gasteiger partial charge in [0.15, 0.2) is 5.82 Å². The highest BCUT2D eigenvalue weighted by Crippen LogP contribution is 2.29. The number of anilines is 1. The van der Waals surface area contributed by atoms with Crippen LogP contribution in [0.3, 0.4) is 0 Å². The van der Waals surface area contributed by atoms with Crippen LogP contribution in [-0.4, -0.2) is 15.5 Å². The molecular weight excluding hydrogens is 142 g/mol. The van der Waals surface area contributed by atoms with Crippen LogP contribution in [0.1, 0.15) is 18.5 Å². The largest absolute Gasteiger partial charge is 0.335 e. The number of nitrogens with zero attached hydrogens (tertiary/aromatic N) is 2. The van der Waals surface area contributed by atoms with Crippen LogP contribution in [0.2, 0.25) is 0 Å². The van der Waals surface area contributed by atoms with Crippen molar-refractivity contribution in [2.75, 3.05) is 5.32 Å². The molecule has 0 saturated carbocycles. The van der Waals surface area contributed by atoms with E-state index in [1.54, 1.807) is 6.33 Å². The Morgan fingerprint density at radius 2 is 2.45 bits per heavy atom. The van der Waals surface area contributed by atoms with Gasteiger partial charge in [0.1, 0.15) is 0 Å². The van der Waals surface area contributed by atoms with E-state index in [9.17, 15) is 4.79 Å². The Hall–Kier alpha value is -1.32. The highest BCUT2D eigenvalue weighted by molar-refractivity contribution is 6.00. The maximum absolute atomic E-state index is 11.1. The minimum atomic E-state index is -0.0579. The molecule has 0 spiro atoms.